The Bertz CT molecular complexity index is 1400. The molecule has 0 unspecified atom stereocenters. The number of rotatable bonds is 4. The number of carboxylic acids is 1. The third-order valence-electron chi connectivity index (χ3n) is 5.33. The molecule has 3 rings (SSSR count). The van der Waals surface area contributed by atoms with Gasteiger partial charge in [0.15, 0.2) is 12.4 Å². The summed E-state index contributed by atoms with van der Waals surface area (Å²) in [5.74, 6) is 2.73. The summed E-state index contributed by atoms with van der Waals surface area (Å²) in [7, 11) is -2.98. The van der Waals surface area contributed by atoms with Crippen molar-refractivity contribution in [1.29, 1.82) is 0 Å². The summed E-state index contributed by atoms with van der Waals surface area (Å²) in [6.45, 7) is 0. The highest BCUT2D eigenvalue weighted by Gasteiger charge is 2.31. The molecule has 0 amide bonds. The summed E-state index contributed by atoms with van der Waals surface area (Å²) in [6.07, 6.45) is 4.78. The van der Waals surface area contributed by atoms with Crippen molar-refractivity contribution in [3.05, 3.63) is 59.9 Å². The zero-order chi connectivity index (χ0) is 25.8. The number of hydrogen-bond donors (Lipinski definition) is 4. The van der Waals surface area contributed by atoms with Gasteiger partial charge in [0.05, 0.1) is 15.4 Å². The zero-order valence-corrected chi connectivity index (χ0v) is 19.6. The third kappa shape index (κ3) is 6.66. The van der Waals surface area contributed by atoms with Crippen LogP contribution in [0.15, 0.2) is 59.4 Å². The Morgan fingerprint density at radius 3 is 2.46 bits per heavy atom. The number of aromatic nitrogens is 1. The number of aliphatic carboxylic acids is 1. The van der Waals surface area contributed by atoms with Crippen LogP contribution < -0.4 is 31.9 Å². The summed E-state index contributed by atoms with van der Waals surface area (Å²) in [5, 5.41) is 9.65. The molecule has 1 aromatic carbocycles. The van der Waals surface area contributed by atoms with Crippen LogP contribution in [0.3, 0.4) is 0 Å². The third-order valence-corrected chi connectivity index (χ3v) is 6.57. The molecule has 0 aliphatic heterocycles. The fourth-order valence-electron chi connectivity index (χ4n) is 3.62. The summed E-state index contributed by atoms with van der Waals surface area (Å²) in [5.41, 5.74) is 19.5. The molecule has 1 heterocycles. The first kappa shape index (κ1) is 25.4. The summed E-state index contributed by atoms with van der Waals surface area (Å²) < 4.78 is 36.8. The van der Waals surface area contributed by atoms with Gasteiger partial charge in [-0.25, -0.2) is 18.0 Å². The number of benzene rings is 1. The fraction of sp³-hybridized carbons (Fsp3) is 0.217. The highest BCUT2D eigenvalue weighted by Crippen LogP contribution is 2.30. The molecule has 1 aliphatic rings. The Morgan fingerprint density at radius 1 is 1.17 bits per heavy atom. The van der Waals surface area contributed by atoms with Gasteiger partial charge in [-0.05, 0) is 41.7 Å². The van der Waals surface area contributed by atoms with Crippen molar-refractivity contribution in [2.24, 2.45) is 35.2 Å². The van der Waals surface area contributed by atoms with E-state index in [0.717, 1.165) is 11.1 Å². The largest absolute Gasteiger partial charge is 0.748 e. The van der Waals surface area contributed by atoms with E-state index < -0.39 is 27.3 Å². The SMILES string of the molecule is C[n+]1ccc(-c2ccc(N=C(N)[NH+]=C(N)N)cc2C#CC2=CC[C@H](C(=O)[O-])[C@H](S(=O)(=O)[O-])C2)cc1. The van der Waals surface area contributed by atoms with Crippen molar-refractivity contribution in [3.8, 4) is 23.0 Å². The number of nitrogens with two attached hydrogens (primary N) is 3. The summed E-state index contributed by atoms with van der Waals surface area (Å²) in [6, 6.07) is 8.99. The minimum absolute atomic E-state index is 0.0322. The second kappa shape index (κ2) is 10.4. The molecule has 35 heavy (non-hydrogen) atoms. The zero-order valence-electron chi connectivity index (χ0n) is 18.8. The Balaban J connectivity index is 2.06. The molecule has 2 aromatic rings. The van der Waals surface area contributed by atoms with E-state index in [0.29, 0.717) is 16.8 Å². The Kier molecular flexibility index (Phi) is 7.53. The maximum atomic E-state index is 11.6. The number of carbonyl (C=O) groups excluding carboxylic acids is 1. The second-order valence-corrected chi connectivity index (χ2v) is 9.53. The van der Waals surface area contributed by atoms with Gasteiger partial charge in [0, 0.05) is 29.6 Å². The molecule has 7 N–H and O–H groups in total. The first-order chi connectivity index (χ1) is 16.4. The number of carbonyl (C=O) groups is 1. The van der Waals surface area contributed by atoms with Crippen molar-refractivity contribution in [3.63, 3.8) is 0 Å². The molecule has 0 spiro atoms. The first-order valence-corrected chi connectivity index (χ1v) is 11.9. The minimum Gasteiger partial charge on any atom is -0.748 e. The summed E-state index contributed by atoms with van der Waals surface area (Å²) >= 11 is 0. The number of aliphatic imine (C=N–C) groups is 1. The monoisotopic (exact) mass is 496 g/mol. The lowest BCUT2D eigenvalue weighted by atomic mass is 9.89. The van der Waals surface area contributed by atoms with Crippen LogP contribution in [0, 0.1) is 17.8 Å². The summed E-state index contributed by atoms with van der Waals surface area (Å²) in [4.78, 5) is 18.0. The molecule has 1 aliphatic carbocycles. The van der Waals surface area contributed by atoms with Crippen molar-refractivity contribution >= 4 is 33.7 Å². The van der Waals surface area contributed by atoms with Crippen LogP contribution >= 0.6 is 0 Å². The quantitative estimate of drug-likeness (QED) is 0.111. The molecule has 12 heteroatoms. The lowest BCUT2D eigenvalue weighted by molar-refractivity contribution is -0.671. The Labute approximate surface area is 202 Å². The van der Waals surface area contributed by atoms with Crippen LogP contribution in [0.4, 0.5) is 5.69 Å². The molecule has 0 saturated carbocycles. The van der Waals surface area contributed by atoms with Gasteiger partial charge >= 0.3 is 5.96 Å². The molecular weight excluding hydrogens is 472 g/mol. The van der Waals surface area contributed by atoms with E-state index in [1.807, 2.05) is 36.1 Å². The van der Waals surface area contributed by atoms with Gasteiger partial charge in [-0.1, -0.05) is 24.0 Å². The number of aryl methyl sites for hydroxylation is 1. The van der Waals surface area contributed by atoms with E-state index in [4.69, 9.17) is 17.2 Å². The van der Waals surface area contributed by atoms with Gasteiger partial charge in [0.1, 0.15) is 12.7 Å². The minimum atomic E-state index is -4.86. The first-order valence-electron chi connectivity index (χ1n) is 10.4. The highest BCUT2D eigenvalue weighted by atomic mass is 32.2. The van der Waals surface area contributed by atoms with E-state index in [-0.39, 0.29) is 24.8 Å². The molecule has 2 atom stereocenters. The van der Waals surface area contributed by atoms with Gasteiger partial charge in [-0.2, -0.15) is 0 Å². The Hall–Kier alpha value is -4.21. The average Bonchev–Trinajstić information content (AvgIpc) is 2.77. The Morgan fingerprint density at radius 2 is 1.86 bits per heavy atom. The van der Waals surface area contributed by atoms with Crippen LogP contribution in [0.1, 0.15) is 18.4 Å². The van der Waals surface area contributed by atoms with Gasteiger partial charge in [-0.3, -0.25) is 0 Å². The maximum absolute atomic E-state index is 11.6. The molecule has 0 bridgehead atoms. The number of allylic oxidation sites excluding steroid dienone is 2. The van der Waals surface area contributed by atoms with E-state index in [2.05, 4.69) is 21.8 Å². The van der Waals surface area contributed by atoms with Crippen molar-refractivity contribution < 1.29 is 32.4 Å². The maximum Gasteiger partial charge on any atom is 0.316 e. The van der Waals surface area contributed by atoms with Crippen molar-refractivity contribution in [2.75, 3.05) is 0 Å². The smallest absolute Gasteiger partial charge is 0.316 e. The number of carboxylic acid groups (broad SMARTS) is 1. The van der Waals surface area contributed by atoms with Gasteiger partial charge in [0.25, 0.3) is 5.96 Å². The van der Waals surface area contributed by atoms with Gasteiger partial charge < -0.3 is 31.7 Å². The molecule has 11 nitrogen and oxygen atoms in total. The number of pyridine rings is 1. The van der Waals surface area contributed by atoms with Crippen LogP contribution in [-0.2, 0) is 22.0 Å². The normalized spacial score (nSPS) is 18.1. The average molecular weight is 497 g/mol. The molecule has 0 saturated heterocycles. The second-order valence-electron chi connectivity index (χ2n) is 7.94. The lowest BCUT2D eigenvalue weighted by Crippen LogP contribution is -2.84. The molecule has 0 radical (unpaired) electrons. The van der Waals surface area contributed by atoms with Crippen molar-refractivity contribution in [2.45, 2.75) is 18.1 Å². The van der Waals surface area contributed by atoms with Crippen LogP contribution in [-0.4, -0.2) is 36.1 Å². The lowest BCUT2D eigenvalue weighted by Gasteiger charge is -2.32. The number of hydrogen-bond acceptors (Lipinski definition) is 6. The fourth-order valence-corrected chi connectivity index (χ4v) is 4.62. The molecule has 182 valence electrons. The standard InChI is InChI=1S/C23H24N6O5S/c1-29-10-8-15(9-11-29)18-7-5-17(27-23(26)28-22(24)25)13-16(18)4-2-14-3-6-19(21(30)31)20(12-14)35(32,33)34/h3,5,7-11,13,19-20H,6,12H2,1H3,(H7,24,25,26,28,30,31,32,33,34)/t19-,20+/m0/s1. The van der Waals surface area contributed by atoms with Crippen LogP contribution in [0.5, 0.6) is 0 Å². The highest BCUT2D eigenvalue weighted by molar-refractivity contribution is 7.86. The predicted molar refractivity (Wildman–Crippen MR) is 125 cm³/mol. The molecule has 0 fully saturated rings. The van der Waals surface area contributed by atoms with Crippen LogP contribution in [0.25, 0.3) is 11.1 Å². The van der Waals surface area contributed by atoms with Gasteiger partial charge in [-0.15, -0.1) is 4.99 Å². The van der Waals surface area contributed by atoms with Crippen LogP contribution in [0.2, 0.25) is 0 Å². The number of nitrogens with one attached hydrogen (secondary N) is 1. The predicted octanol–water partition coefficient (Wildman–Crippen LogP) is -3.17. The molecule has 1 aromatic heterocycles. The number of guanidine groups is 2. The van der Waals surface area contributed by atoms with E-state index >= 15 is 0 Å². The van der Waals surface area contributed by atoms with Crippen molar-refractivity contribution in [1.82, 2.24) is 0 Å². The van der Waals surface area contributed by atoms with Gasteiger partial charge in [0.2, 0.25) is 0 Å². The molecular formula is C23H24N6O5S. The topological polar surface area (TPSA) is 206 Å². The van der Waals surface area contributed by atoms with E-state index in [1.165, 1.54) is 6.08 Å². The number of nitrogens with zero attached hydrogens (tertiary/aromatic N) is 2. The van der Waals surface area contributed by atoms with E-state index in [9.17, 15) is 22.9 Å². The van der Waals surface area contributed by atoms with E-state index in [1.54, 1.807) is 18.2 Å².